The molecule has 5 N–H and O–H groups in total. The van der Waals surface area contributed by atoms with Gasteiger partial charge in [0.2, 0.25) is 11.8 Å². The molecule has 5 rings (SSSR count). The number of halogens is 1. The van der Waals surface area contributed by atoms with Crippen LogP contribution in [0.2, 0.25) is 0 Å². The van der Waals surface area contributed by atoms with Gasteiger partial charge in [-0.05, 0) is 43.2 Å². The summed E-state index contributed by atoms with van der Waals surface area (Å²) in [5.41, 5.74) is 7.71. The van der Waals surface area contributed by atoms with Crippen molar-refractivity contribution in [3.63, 3.8) is 0 Å². The van der Waals surface area contributed by atoms with Crippen LogP contribution in [-0.2, 0) is 0 Å². The van der Waals surface area contributed by atoms with E-state index in [1.807, 2.05) is 13.8 Å². The van der Waals surface area contributed by atoms with Crippen LogP contribution in [-0.4, -0.2) is 46.0 Å². The molecule has 34 heavy (non-hydrogen) atoms. The second-order valence-electron chi connectivity index (χ2n) is 8.86. The van der Waals surface area contributed by atoms with Crippen LogP contribution in [0.25, 0.3) is 21.9 Å². The first kappa shape index (κ1) is 22.1. The van der Waals surface area contributed by atoms with Gasteiger partial charge in [0.15, 0.2) is 5.82 Å². The number of hydrogen-bond acceptors (Lipinski definition) is 8. The number of aromatic nitrogens is 2. The monoisotopic (exact) mass is 467 g/mol. The Hall–Kier alpha value is -3.66. The first-order valence-electron chi connectivity index (χ1n) is 11.2. The Bertz CT molecular complexity index is 1290. The van der Waals surface area contributed by atoms with E-state index in [1.54, 1.807) is 18.3 Å². The van der Waals surface area contributed by atoms with E-state index < -0.39 is 17.5 Å². The molecule has 0 saturated heterocycles. The molecule has 2 aliphatic rings. The predicted octanol–water partition coefficient (Wildman–Crippen LogP) is 3.52. The fourth-order valence-electron chi connectivity index (χ4n) is 4.56. The van der Waals surface area contributed by atoms with Crippen LogP contribution in [0.1, 0.15) is 31.7 Å². The molecule has 0 radical (unpaired) electrons. The van der Waals surface area contributed by atoms with Crippen molar-refractivity contribution in [2.24, 2.45) is 0 Å². The number of benzene rings is 1. The lowest BCUT2D eigenvalue weighted by Gasteiger charge is -2.42. The van der Waals surface area contributed by atoms with Crippen LogP contribution in [0.4, 0.5) is 20.6 Å². The SMILES string of the molecule is CCC1(O)CC(NC(=O)Oc2cc3cc(-c4cnc5c(c4C)NCCO5)c(F)c(N)c3cn2)C1. The van der Waals surface area contributed by atoms with Gasteiger partial charge in [-0.15, -0.1) is 0 Å². The summed E-state index contributed by atoms with van der Waals surface area (Å²) in [5, 5.41) is 17.0. The zero-order chi connectivity index (χ0) is 24.0. The van der Waals surface area contributed by atoms with Gasteiger partial charge in [-0.2, -0.15) is 0 Å². The lowest BCUT2D eigenvalue weighted by molar-refractivity contribution is -0.0562. The molecular weight excluding hydrogens is 441 g/mol. The number of carbonyl (C=O) groups is 1. The van der Waals surface area contributed by atoms with E-state index >= 15 is 4.39 Å². The number of nitrogens with one attached hydrogen (secondary N) is 2. The van der Waals surface area contributed by atoms with E-state index in [0.29, 0.717) is 54.6 Å². The number of fused-ring (bicyclic) bond motifs is 2. The average molecular weight is 468 g/mol. The number of carbonyl (C=O) groups excluding carboxylic acids is 1. The molecule has 2 aromatic heterocycles. The van der Waals surface area contributed by atoms with Crippen molar-refractivity contribution in [1.29, 1.82) is 0 Å². The molecule has 10 heteroatoms. The van der Waals surface area contributed by atoms with Gasteiger partial charge in [0.1, 0.15) is 12.3 Å². The van der Waals surface area contributed by atoms with Gasteiger partial charge in [-0.3, -0.25) is 0 Å². The van der Waals surface area contributed by atoms with Crippen LogP contribution in [0, 0.1) is 12.7 Å². The Kier molecular flexibility index (Phi) is 5.40. The average Bonchev–Trinajstić information content (AvgIpc) is 2.81. The van der Waals surface area contributed by atoms with E-state index in [2.05, 4.69) is 20.6 Å². The van der Waals surface area contributed by atoms with Gasteiger partial charge >= 0.3 is 6.09 Å². The first-order chi connectivity index (χ1) is 16.3. The van der Waals surface area contributed by atoms with E-state index in [4.69, 9.17) is 15.2 Å². The number of amides is 1. The Morgan fingerprint density at radius 3 is 2.91 bits per heavy atom. The highest BCUT2D eigenvalue weighted by atomic mass is 19.1. The lowest BCUT2D eigenvalue weighted by atomic mass is 9.74. The first-order valence-corrected chi connectivity index (χ1v) is 11.2. The third-order valence-corrected chi connectivity index (χ3v) is 6.64. The highest BCUT2D eigenvalue weighted by molar-refractivity contribution is 5.98. The Labute approximate surface area is 195 Å². The molecule has 1 aromatic carbocycles. The number of nitrogen functional groups attached to an aromatic ring is 1. The summed E-state index contributed by atoms with van der Waals surface area (Å²) in [6, 6.07) is 3.03. The number of pyridine rings is 2. The number of aliphatic hydroxyl groups is 1. The van der Waals surface area contributed by atoms with E-state index in [9.17, 15) is 9.90 Å². The lowest BCUT2D eigenvalue weighted by Crippen LogP contribution is -2.55. The number of nitrogens with zero attached hydrogens (tertiary/aromatic N) is 2. The summed E-state index contributed by atoms with van der Waals surface area (Å²) in [4.78, 5) is 20.7. The fraction of sp³-hybridized carbons (Fsp3) is 0.375. The topological polar surface area (TPSA) is 132 Å². The van der Waals surface area contributed by atoms with Crippen molar-refractivity contribution in [2.75, 3.05) is 24.2 Å². The molecule has 0 unspecified atom stereocenters. The number of ether oxygens (including phenoxy) is 2. The maximum atomic E-state index is 15.3. The number of anilines is 2. The van der Waals surface area contributed by atoms with Crippen LogP contribution < -0.4 is 25.8 Å². The maximum Gasteiger partial charge on any atom is 0.414 e. The predicted molar refractivity (Wildman–Crippen MR) is 125 cm³/mol. The maximum absolute atomic E-state index is 15.3. The summed E-state index contributed by atoms with van der Waals surface area (Å²) >= 11 is 0. The minimum atomic E-state index is -0.720. The molecule has 1 aliphatic heterocycles. The minimum Gasteiger partial charge on any atom is -0.474 e. The van der Waals surface area contributed by atoms with Crippen molar-refractivity contribution in [3.05, 3.63) is 35.9 Å². The third kappa shape index (κ3) is 3.83. The largest absolute Gasteiger partial charge is 0.474 e. The molecular formula is C24H26FN5O4. The molecule has 3 heterocycles. The van der Waals surface area contributed by atoms with Crippen LogP contribution >= 0.6 is 0 Å². The Morgan fingerprint density at radius 2 is 2.15 bits per heavy atom. The van der Waals surface area contributed by atoms with Crippen molar-refractivity contribution < 1.29 is 23.8 Å². The Balaban J connectivity index is 1.43. The van der Waals surface area contributed by atoms with Gasteiger partial charge < -0.3 is 30.9 Å². The second-order valence-corrected chi connectivity index (χ2v) is 8.86. The van der Waals surface area contributed by atoms with Crippen molar-refractivity contribution in [3.8, 4) is 22.9 Å². The molecule has 9 nitrogen and oxygen atoms in total. The summed E-state index contributed by atoms with van der Waals surface area (Å²) in [7, 11) is 0. The molecule has 3 aromatic rings. The highest BCUT2D eigenvalue weighted by Crippen LogP contribution is 2.40. The van der Waals surface area contributed by atoms with E-state index in [0.717, 1.165) is 11.3 Å². The highest BCUT2D eigenvalue weighted by Gasteiger charge is 2.42. The number of hydrogen-bond donors (Lipinski definition) is 4. The fourth-order valence-corrected chi connectivity index (χ4v) is 4.56. The molecule has 1 saturated carbocycles. The zero-order valence-corrected chi connectivity index (χ0v) is 18.9. The van der Waals surface area contributed by atoms with Crippen molar-refractivity contribution in [2.45, 2.75) is 44.8 Å². The molecule has 0 atom stereocenters. The summed E-state index contributed by atoms with van der Waals surface area (Å²) in [6.07, 6.45) is 3.88. The molecule has 1 aliphatic carbocycles. The summed E-state index contributed by atoms with van der Waals surface area (Å²) < 4.78 is 26.2. The van der Waals surface area contributed by atoms with Crippen LogP contribution in [0.3, 0.4) is 0 Å². The number of nitrogens with two attached hydrogens (primary N) is 1. The molecule has 0 spiro atoms. The van der Waals surface area contributed by atoms with Gasteiger partial charge in [-0.25, -0.2) is 19.2 Å². The zero-order valence-electron chi connectivity index (χ0n) is 18.9. The van der Waals surface area contributed by atoms with Crippen LogP contribution in [0.5, 0.6) is 11.8 Å². The van der Waals surface area contributed by atoms with Crippen LogP contribution in [0.15, 0.2) is 24.5 Å². The Morgan fingerprint density at radius 1 is 1.35 bits per heavy atom. The van der Waals surface area contributed by atoms with Crippen molar-refractivity contribution >= 4 is 28.2 Å². The summed E-state index contributed by atoms with van der Waals surface area (Å²) in [5.74, 6) is -0.0329. The molecule has 178 valence electrons. The second kappa shape index (κ2) is 8.28. The molecule has 0 bridgehead atoms. The third-order valence-electron chi connectivity index (χ3n) is 6.64. The quantitative estimate of drug-likeness (QED) is 0.429. The van der Waals surface area contributed by atoms with Crippen molar-refractivity contribution in [1.82, 2.24) is 15.3 Å². The van der Waals surface area contributed by atoms with Gasteiger partial charge in [0.05, 0.1) is 11.3 Å². The summed E-state index contributed by atoms with van der Waals surface area (Å²) in [6.45, 7) is 4.92. The standard InChI is InChI=1S/C24H26FN5O4/c1-3-24(32)8-14(9-24)30-23(31)34-18-7-13-6-15(19(25)20(26)17(13)11-28-18)16-10-29-22-21(12(16)2)27-4-5-33-22/h6-7,10-11,14,27,32H,3-5,8-9,26H2,1-2H3,(H,30,31). The smallest absolute Gasteiger partial charge is 0.414 e. The number of rotatable bonds is 4. The minimum absolute atomic E-state index is 0.0503. The molecule has 1 fully saturated rings. The van der Waals surface area contributed by atoms with Gasteiger partial charge in [0.25, 0.3) is 0 Å². The molecule has 1 amide bonds. The van der Waals surface area contributed by atoms with E-state index in [1.165, 1.54) is 6.20 Å². The van der Waals surface area contributed by atoms with Gasteiger partial charge in [-0.1, -0.05) is 6.92 Å². The van der Waals surface area contributed by atoms with E-state index in [-0.39, 0.29) is 23.2 Å². The van der Waals surface area contributed by atoms with Gasteiger partial charge in [0, 0.05) is 47.6 Å². The normalized spacial score (nSPS) is 21.1.